The van der Waals surface area contributed by atoms with Crippen molar-refractivity contribution in [2.45, 2.75) is 53.9 Å². The monoisotopic (exact) mass is 1930 g/mol. The van der Waals surface area contributed by atoms with Gasteiger partial charge >= 0.3 is 36.5 Å². The largest absolute Gasteiger partial charge is 0.443 e. The van der Waals surface area contributed by atoms with Gasteiger partial charge in [0.1, 0.15) is 78.1 Å². The van der Waals surface area contributed by atoms with E-state index in [-0.39, 0.29) is 44.8 Å². The summed E-state index contributed by atoms with van der Waals surface area (Å²) in [7, 11) is 5.50. The number of carbonyl (C=O) groups is 5. The van der Waals surface area contributed by atoms with Gasteiger partial charge in [-0.05, 0) is 83.1 Å². The van der Waals surface area contributed by atoms with Crippen LogP contribution in [0.2, 0.25) is 0 Å². The number of halogens is 6. The first kappa shape index (κ1) is 94.6. The second-order valence-corrected chi connectivity index (χ2v) is 34.0. The summed E-state index contributed by atoms with van der Waals surface area (Å²) in [5.74, 6) is 1.57. The molecule has 0 aliphatic heterocycles. The van der Waals surface area contributed by atoms with Gasteiger partial charge in [0.05, 0.1) is 46.3 Å². The summed E-state index contributed by atoms with van der Waals surface area (Å²) in [6.07, 6.45) is 1.44. The average Bonchev–Trinajstić information content (AvgIpc) is 1.64. The second kappa shape index (κ2) is 41.1. The van der Waals surface area contributed by atoms with E-state index in [0.29, 0.717) is 96.0 Å². The van der Waals surface area contributed by atoms with Crippen LogP contribution in [0.25, 0.3) is 102 Å². The van der Waals surface area contributed by atoms with Crippen LogP contribution in [0.15, 0.2) is 284 Å². The van der Waals surface area contributed by atoms with E-state index in [4.69, 9.17) is 20.3 Å². The number of oxazole rings is 1. The Bertz CT molecular complexity index is 7380. The van der Waals surface area contributed by atoms with Gasteiger partial charge in [-0.1, -0.05) is 217 Å². The van der Waals surface area contributed by atoms with Crippen molar-refractivity contribution in [3.63, 3.8) is 0 Å². The maximum Gasteiger partial charge on any atom is 0.443 e. The molecule has 0 spiro atoms. The van der Waals surface area contributed by atoms with Crippen LogP contribution in [0, 0.1) is 41.5 Å². The van der Waals surface area contributed by atoms with Crippen LogP contribution in [0.1, 0.15) is 53.7 Å². The van der Waals surface area contributed by atoms with Crippen LogP contribution in [-0.2, 0) is 33.5 Å². The highest BCUT2D eigenvalue weighted by molar-refractivity contribution is 7.17. The van der Waals surface area contributed by atoms with E-state index in [9.17, 15) is 50.3 Å². The number of rotatable bonds is 20. The fourth-order valence-electron chi connectivity index (χ4n) is 14.5. The summed E-state index contributed by atoms with van der Waals surface area (Å²) >= 11 is 2.12. The Balaban J connectivity index is 0.000000134. The Morgan fingerprint density at radius 3 is 0.885 bits per heavy atom. The number of para-hydroxylation sites is 4. The Morgan fingerprint density at radius 2 is 0.590 bits per heavy atom. The zero-order chi connectivity index (χ0) is 97.9. The van der Waals surface area contributed by atoms with E-state index >= 15 is 0 Å². The van der Waals surface area contributed by atoms with Gasteiger partial charge in [-0.2, -0.15) is 62.0 Å². The summed E-state index contributed by atoms with van der Waals surface area (Å²) in [5.41, 5.74) is 19.4. The number of aryl methyl sites for hydroxylation is 5. The number of carbonyl (C=O) groups excluding carboxylic acids is 5. The number of nitrogens with one attached hydrogen (secondary N) is 8. The standard InChI is InChI=1S/C25H20F3N7OS.C25H23N7O2.C25H23N7OS.C22H17F3N6O2S/c1-15-19(17-13-29-34(2)14-17)33-35(18-11-7-4-8-12-18)21(15)31-24(36)32-22-20(16-9-5-3-6-10-16)30-23(37-22)25(26,27)28;2*1-16-21(19-14-26-31(3)15-19)30-32(20-12-8-5-9-13-20)23(16)28-25(33)29-24-22(27-17(2)34-24)18-10-6-4-7-11-18;1-12-15(17(26)32)30-31(14-10-6-3-7-11-14)18(12)28-21(33)29-19-16(13-8-4-2-5-9-13)27-20(34-19)22(23,24)25/h3-14H,1-2H3,(H2,31,32,36);2*4-15H,1-3H3,(H2,28,29,33);2-11H,1H3,(H2,26,32)(H2,28,29,33). The van der Waals surface area contributed by atoms with E-state index < -0.39 is 46.4 Å². The summed E-state index contributed by atoms with van der Waals surface area (Å²) < 4.78 is 97.4. The molecule has 19 rings (SSSR count). The summed E-state index contributed by atoms with van der Waals surface area (Å²) in [4.78, 5) is 80.5. The number of amides is 9. The zero-order valence-electron chi connectivity index (χ0n) is 75.1. The Morgan fingerprint density at radius 1 is 0.317 bits per heavy atom. The number of nitrogens with zero attached hydrogens (tertiary/aromatic N) is 18. The molecule has 33 nitrogen and oxygen atoms in total. The second-order valence-electron chi connectivity index (χ2n) is 30.8. The molecule has 0 bridgehead atoms. The quantitative estimate of drug-likeness (QED) is 0.0320. The SMILES string of the molecule is Cc1c(-c2cnn(C)c2)nn(-c2ccccc2)c1NC(=O)Nc1sc(C(F)(F)F)nc1-c1ccccc1.Cc1c(C(N)=O)nn(-c2ccccc2)c1NC(=O)Nc1sc(C(F)(F)F)nc1-c1ccccc1.Cc1nc(-c2ccccc2)c(NC(=O)Nc2c(C)c(-c3cnn(C)c3)nn2-c2ccccc2)o1.Cc1nc(-c2ccccc2)c(NC(=O)Nc2c(C)c(-c3cnn(C)c3)nn2-c2ccccc2)s1. The molecular weight excluding hydrogens is 1850 g/mol. The highest BCUT2D eigenvalue weighted by atomic mass is 32.1. The number of nitrogens with two attached hydrogens (primary N) is 1. The maximum absolute atomic E-state index is 13.4. The maximum atomic E-state index is 13.4. The minimum absolute atomic E-state index is 0.0146. The normalized spacial score (nSPS) is 11.2. The van der Waals surface area contributed by atoms with Gasteiger partial charge in [0.15, 0.2) is 11.6 Å². The zero-order valence-corrected chi connectivity index (χ0v) is 77.6. The fraction of sp³-hybridized carbons (Fsp3) is 0.113. The number of hydrogen-bond donors (Lipinski definition) is 9. The van der Waals surface area contributed by atoms with Crippen LogP contribution in [0.5, 0.6) is 0 Å². The third-order valence-electron chi connectivity index (χ3n) is 20.9. The van der Waals surface area contributed by atoms with Crippen molar-refractivity contribution in [2.75, 3.05) is 42.5 Å². The minimum atomic E-state index is -4.68. The number of alkyl halides is 6. The number of urea groups is 4. The van der Waals surface area contributed by atoms with Crippen LogP contribution < -0.4 is 48.3 Å². The number of primary amides is 1. The highest BCUT2D eigenvalue weighted by Gasteiger charge is 2.39. The van der Waals surface area contributed by atoms with Crippen molar-refractivity contribution in [3.8, 4) is 102 Å². The molecule has 8 aromatic carbocycles. The lowest BCUT2D eigenvalue weighted by Gasteiger charge is -2.11. The molecule has 702 valence electrons. The molecule has 19 aromatic rings. The lowest BCUT2D eigenvalue weighted by Crippen LogP contribution is -2.22. The van der Waals surface area contributed by atoms with Gasteiger partial charge in [-0.3, -0.25) is 61.4 Å². The summed E-state index contributed by atoms with van der Waals surface area (Å²) in [6, 6.07) is 70.7. The molecule has 0 saturated heterocycles. The molecular formula is C97H83F6N27O6S3. The molecule has 11 aromatic heterocycles. The third-order valence-corrected chi connectivity index (χ3v) is 23.8. The Hall–Kier alpha value is -17.5. The molecule has 0 saturated carbocycles. The average molecular weight is 1930 g/mol. The highest BCUT2D eigenvalue weighted by Crippen LogP contribution is 2.45. The Kier molecular flexibility index (Phi) is 28.0. The minimum Gasteiger partial charge on any atom is -0.424 e. The number of thiazole rings is 3. The smallest absolute Gasteiger partial charge is 0.424 e. The molecule has 9 amide bonds. The van der Waals surface area contributed by atoms with Crippen LogP contribution in [0.3, 0.4) is 0 Å². The van der Waals surface area contributed by atoms with Gasteiger partial charge in [0.2, 0.25) is 15.9 Å². The van der Waals surface area contributed by atoms with Crippen LogP contribution in [-0.4, -0.2) is 118 Å². The van der Waals surface area contributed by atoms with E-state index in [2.05, 4.69) is 88.0 Å². The lowest BCUT2D eigenvalue weighted by atomic mass is 10.1. The summed E-state index contributed by atoms with van der Waals surface area (Å²) in [6.45, 7) is 10.9. The van der Waals surface area contributed by atoms with E-state index in [1.54, 1.807) is 172 Å². The van der Waals surface area contributed by atoms with E-state index in [0.717, 1.165) is 72.4 Å². The predicted molar refractivity (Wildman–Crippen MR) is 523 cm³/mol. The first-order chi connectivity index (χ1) is 66.8. The number of anilines is 8. The van der Waals surface area contributed by atoms with Gasteiger partial charge in [0.25, 0.3) is 5.91 Å². The van der Waals surface area contributed by atoms with Gasteiger partial charge < -0.3 is 10.2 Å². The van der Waals surface area contributed by atoms with E-state index in [1.165, 1.54) is 16.0 Å². The topological polar surface area (TPSA) is 397 Å². The molecule has 0 aliphatic rings. The lowest BCUT2D eigenvalue weighted by molar-refractivity contribution is -0.138. The first-order valence-corrected chi connectivity index (χ1v) is 44.8. The van der Waals surface area contributed by atoms with Gasteiger partial charge in [-0.25, -0.2) is 57.8 Å². The van der Waals surface area contributed by atoms with Crippen molar-refractivity contribution >= 4 is 108 Å². The summed E-state index contributed by atoms with van der Waals surface area (Å²) in [5, 5.41) is 52.6. The molecule has 42 heteroatoms. The first-order valence-electron chi connectivity index (χ1n) is 42.4. The number of hydrogen-bond acceptors (Lipinski definition) is 20. The molecule has 0 radical (unpaired) electrons. The van der Waals surface area contributed by atoms with Crippen molar-refractivity contribution < 1.29 is 54.7 Å². The van der Waals surface area contributed by atoms with Gasteiger partial charge in [0, 0.05) is 108 Å². The molecule has 0 atom stereocenters. The third kappa shape index (κ3) is 22.0. The number of aromatic nitrogens is 18. The van der Waals surface area contributed by atoms with E-state index in [1.807, 2.05) is 199 Å². The predicted octanol–water partition coefficient (Wildman–Crippen LogP) is 22.3. The van der Waals surface area contributed by atoms with Crippen molar-refractivity contribution in [1.29, 1.82) is 0 Å². The molecule has 0 unspecified atom stereocenters. The van der Waals surface area contributed by atoms with Gasteiger partial charge in [-0.15, -0.1) is 11.3 Å². The van der Waals surface area contributed by atoms with Crippen molar-refractivity contribution in [1.82, 2.24) is 88.4 Å². The molecule has 10 N–H and O–H groups in total. The Labute approximate surface area is 800 Å². The molecule has 0 fully saturated rings. The number of benzene rings is 8. The molecule has 139 heavy (non-hydrogen) atoms. The fourth-order valence-corrected chi connectivity index (χ4v) is 17.0. The van der Waals surface area contributed by atoms with Crippen molar-refractivity contribution in [3.05, 3.63) is 329 Å². The molecule has 11 heterocycles. The van der Waals surface area contributed by atoms with Crippen LogP contribution in [0.4, 0.5) is 89.7 Å². The van der Waals surface area contributed by atoms with Crippen LogP contribution >= 0.6 is 34.0 Å². The van der Waals surface area contributed by atoms with Crippen molar-refractivity contribution in [2.24, 2.45) is 26.9 Å². The molecule has 0 aliphatic carbocycles.